The number of ether oxygens (including phenoxy) is 1. The number of hydrogen-bond donors (Lipinski definition) is 2. The summed E-state index contributed by atoms with van der Waals surface area (Å²) in [6, 6.07) is 14.2. The molecule has 0 aliphatic rings. The van der Waals surface area contributed by atoms with Gasteiger partial charge in [-0.3, -0.25) is 14.4 Å². The van der Waals surface area contributed by atoms with Gasteiger partial charge in [0, 0.05) is 23.7 Å². The van der Waals surface area contributed by atoms with Gasteiger partial charge in [0.2, 0.25) is 0 Å². The van der Waals surface area contributed by atoms with E-state index in [1.165, 1.54) is 6.92 Å². The van der Waals surface area contributed by atoms with Crippen LogP contribution in [-0.2, 0) is 20.9 Å². The second-order valence-electron chi connectivity index (χ2n) is 6.35. The van der Waals surface area contributed by atoms with Gasteiger partial charge in [0.25, 0.3) is 11.8 Å². The molecule has 0 saturated carbocycles. The minimum atomic E-state index is -0.912. The molecule has 148 valence electrons. The van der Waals surface area contributed by atoms with Gasteiger partial charge in [0.1, 0.15) is 0 Å². The Balaban J connectivity index is 1.68. The molecule has 28 heavy (non-hydrogen) atoms. The molecule has 1 unspecified atom stereocenters. The molecule has 2 aromatic carbocycles. The van der Waals surface area contributed by atoms with Crippen molar-refractivity contribution in [3.63, 3.8) is 0 Å². The molecule has 0 fully saturated rings. The number of amides is 2. The van der Waals surface area contributed by atoms with Crippen LogP contribution in [0.1, 0.15) is 34.8 Å². The summed E-state index contributed by atoms with van der Waals surface area (Å²) in [5.74, 6) is -1.25. The van der Waals surface area contributed by atoms with Gasteiger partial charge in [-0.15, -0.1) is 0 Å². The van der Waals surface area contributed by atoms with Crippen molar-refractivity contribution in [1.82, 2.24) is 10.6 Å². The Morgan fingerprint density at radius 3 is 2.29 bits per heavy atom. The number of carbonyl (C=O) groups is 3. The summed E-state index contributed by atoms with van der Waals surface area (Å²) in [5.41, 5.74) is 2.55. The van der Waals surface area contributed by atoms with Gasteiger partial charge in [-0.25, -0.2) is 0 Å². The van der Waals surface area contributed by atoms with Crippen molar-refractivity contribution in [2.75, 3.05) is 6.54 Å². The zero-order chi connectivity index (χ0) is 20.5. The molecule has 2 N–H and O–H groups in total. The van der Waals surface area contributed by atoms with Crippen LogP contribution in [0.4, 0.5) is 0 Å². The minimum absolute atomic E-state index is 0.0328. The Morgan fingerprint density at radius 2 is 1.64 bits per heavy atom. The predicted octanol–water partition coefficient (Wildman–Crippen LogP) is 3.02. The van der Waals surface area contributed by atoms with E-state index in [1.54, 1.807) is 24.3 Å². The fraction of sp³-hybridized carbons (Fsp3) is 0.286. The third-order valence-electron chi connectivity index (χ3n) is 3.99. The van der Waals surface area contributed by atoms with Gasteiger partial charge in [0.15, 0.2) is 6.10 Å². The Hall–Kier alpha value is -2.86. The van der Waals surface area contributed by atoms with E-state index in [1.807, 2.05) is 31.2 Å². The van der Waals surface area contributed by atoms with E-state index in [0.29, 0.717) is 17.1 Å². The number of aryl methyl sites for hydroxylation is 1. The van der Waals surface area contributed by atoms with E-state index in [0.717, 1.165) is 11.1 Å². The van der Waals surface area contributed by atoms with E-state index in [4.69, 9.17) is 16.3 Å². The molecule has 1 atom stereocenters. The highest BCUT2D eigenvalue weighted by Crippen LogP contribution is 2.09. The molecule has 0 aliphatic carbocycles. The number of halogens is 1. The Kier molecular flexibility index (Phi) is 8.02. The molecular weight excluding hydrogens is 380 g/mol. The van der Waals surface area contributed by atoms with Crippen LogP contribution >= 0.6 is 11.6 Å². The van der Waals surface area contributed by atoms with Crippen molar-refractivity contribution >= 4 is 29.4 Å². The quantitative estimate of drug-likeness (QED) is 0.665. The van der Waals surface area contributed by atoms with Crippen molar-refractivity contribution in [2.24, 2.45) is 0 Å². The lowest BCUT2D eigenvalue weighted by atomic mass is 10.1. The Bertz CT molecular complexity index is 819. The maximum Gasteiger partial charge on any atom is 0.308 e. The van der Waals surface area contributed by atoms with Gasteiger partial charge in [0.05, 0.1) is 6.42 Å². The van der Waals surface area contributed by atoms with E-state index in [-0.39, 0.29) is 24.8 Å². The van der Waals surface area contributed by atoms with Crippen LogP contribution in [0.3, 0.4) is 0 Å². The molecule has 0 radical (unpaired) electrons. The number of hydrogen-bond acceptors (Lipinski definition) is 4. The lowest BCUT2D eigenvalue weighted by Gasteiger charge is -2.14. The third-order valence-corrected chi connectivity index (χ3v) is 4.24. The van der Waals surface area contributed by atoms with Gasteiger partial charge >= 0.3 is 5.97 Å². The van der Waals surface area contributed by atoms with E-state index in [2.05, 4.69) is 10.6 Å². The predicted molar refractivity (Wildman–Crippen MR) is 107 cm³/mol. The summed E-state index contributed by atoms with van der Waals surface area (Å²) >= 11 is 5.77. The summed E-state index contributed by atoms with van der Waals surface area (Å²) in [6.07, 6.45) is -0.945. The first-order valence-corrected chi connectivity index (χ1v) is 9.29. The SMILES string of the molecule is Cc1ccc(CNC(=O)C(C)OC(=O)CCNC(=O)c2ccc(Cl)cc2)cc1. The molecule has 0 heterocycles. The van der Waals surface area contributed by atoms with E-state index < -0.39 is 12.1 Å². The van der Waals surface area contributed by atoms with Gasteiger partial charge in [-0.1, -0.05) is 41.4 Å². The van der Waals surface area contributed by atoms with Crippen LogP contribution in [0.15, 0.2) is 48.5 Å². The fourth-order valence-corrected chi connectivity index (χ4v) is 2.46. The zero-order valence-electron chi connectivity index (χ0n) is 15.8. The van der Waals surface area contributed by atoms with Crippen molar-refractivity contribution in [1.29, 1.82) is 0 Å². The topological polar surface area (TPSA) is 84.5 Å². The molecule has 0 spiro atoms. The van der Waals surface area contributed by atoms with Gasteiger partial charge in [-0.2, -0.15) is 0 Å². The Labute approximate surface area is 169 Å². The summed E-state index contributed by atoms with van der Waals surface area (Å²) < 4.78 is 5.10. The zero-order valence-corrected chi connectivity index (χ0v) is 16.6. The van der Waals surface area contributed by atoms with Crippen LogP contribution in [-0.4, -0.2) is 30.4 Å². The average molecular weight is 403 g/mol. The summed E-state index contributed by atoms with van der Waals surface area (Å²) in [4.78, 5) is 35.8. The number of esters is 1. The van der Waals surface area contributed by atoms with Crippen molar-refractivity contribution in [3.8, 4) is 0 Å². The number of benzene rings is 2. The smallest absolute Gasteiger partial charge is 0.308 e. The van der Waals surface area contributed by atoms with Gasteiger partial charge in [-0.05, 0) is 43.7 Å². The molecule has 2 amide bonds. The van der Waals surface area contributed by atoms with E-state index >= 15 is 0 Å². The lowest BCUT2D eigenvalue weighted by molar-refractivity contribution is -0.154. The summed E-state index contributed by atoms with van der Waals surface area (Å²) in [6.45, 7) is 3.96. The van der Waals surface area contributed by atoms with Crippen molar-refractivity contribution < 1.29 is 19.1 Å². The molecule has 2 aromatic rings. The molecule has 0 saturated heterocycles. The summed E-state index contributed by atoms with van der Waals surface area (Å²) in [7, 11) is 0. The van der Waals surface area contributed by atoms with Crippen LogP contribution < -0.4 is 10.6 Å². The fourth-order valence-electron chi connectivity index (χ4n) is 2.33. The number of carbonyl (C=O) groups excluding carboxylic acids is 3. The molecule has 0 bridgehead atoms. The number of nitrogens with one attached hydrogen (secondary N) is 2. The Morgan fingerprint density at radius 1 is 1.00 bits per heavy atom. The molecular formula is C21H23ClN2O4. The highest BCUT2D eigenvalue weighted by molar-refractivity contribution is 6.30. The second kappa shape index (κ2) is 10.5. The van der Waals surface area contributed by atoms with Gasteiger partial charge < -0.3 is 15.4 Å². The monoisotopic (exact) mass is 402 g/mol. The standard InChI is InChI=1S/C21H23ClN2O4/c1-14-3-5-16(6-4-14)13-24-20(26)15(2)28-19(25)11-12-23-21(27)17-7-9-18(22)10-8-17/h3-10,15H,11-13H2,1-2H3,(H,23,27)(H,24,26). The largest absolute Gasteiger partial charge is 0.452 e. The van der Waals surface area contributed by atoms with Crippen LogP contribution in [0.5, 0.6) is 0 Å². The molecule has 6 nitrogen and oxygen atoms in total. The first-order chi connectivity index (χ1) is 13.3. The maximum absolute atomic E-state index is 12.0. The first-order valence-electron chi connectivity index (χ1n) is 8.91. The molecule has 2 rings (SSSR count). The summed E-state index contributed by atoms with van der Waals surface area (Å²) in [5, 5.41) is 5.88. The highest BCUT2D eigenvalue weighted by atomic mass is 35.5. The van der Waals surface area contributed by atoms with E-state index in [9.17, 15) is 14.4 Å². The van der Waals surface area contributed by atoms with Crippen molar-refractivity contribution in [3.05, 3.63) is 70.2 Å². The second-order valence-corrected chi connectivity index (χ2v) is 6.78. The lowest BCUT2D eigenvalue weighted by Crippen LogP contribution is -2.36. The average Bonchev–Trinajstić information content (AvgIpc) is 2.67. The molecule has 7 heteroatoms. The van der Waals surface area contributed by atoms with Crippen LogP contribution in [0.2, 0.25) is 5.02 Å². The normalized spacial score (nSPS) is 11.4. The third kappa shape index (κ3) is 7.04. The molecule has 0 aliphatic heterocycles. The van der Waals surface area contributed by atoms with Crippen LogP contribution in [0, 0.1) is 6.92 Å². The minimum Gasteiger partial charge on any atom is -0.452 e. The van der Waals surface area contributed by atoms with Crippen molar-refractivity contribution in [2.45, 2.75) is 32.9 Å². The molecule has 0 aromatic heterocycles. The maximum atomic E-state index is 12.0. The first kappa shape index (κ1) is 21.4. The van der Waals surface area contributed by atoms with Crippen LogP contribution in [0.25, 0.3) is 0 Å². The highest BCUT2D eigenvalue weighted by Gasteiger charge is 2.17. The number of rotatable bonds is 8.